The Morgan fingerprint density at radius 1 is 1.16 bits per heavy atom. The molecule has 0 aliphatic carbocycles. The van der Waals surface area contributed by atoms with Gasteiger partial charge in [-0.25, -0.2) is 9.59 Å². The van der Waals surface area contributed by atoms with Crippen LogP contribution in [0.25, 0.3) is 0 Å². The summed E-state index contributed by atoms with van der Waals surface area (Å²) in [5, 5.41) is 23.9. The molecule has 0 aromatic heterocycles. The lowest BCUT2D eigenvalue weighted by Crippen LogP contribution is -2.52. The molecule has 2 aliphatic heterocycles. The fourth-order valence-electron chi connectivity index (χ4n) is 4.44. The van der Waals surface area contributed by atoms with Crippen molar-refractivity contribution in [3.8, 4) is 0 Å². The van der Waals surface area contributed by atoms with Gasteiger partial charge in [-0.05, 0) is 43.9 Å². The molecule has 0 unspecified atom stereocenters. The lowest BCUT2D eigenvalue weighted by atomic mass is 9.95. The van der Waals surface area contributed by atoms with Gasteiger partial charge in [0.05, 0.1) is 0 Å². The van der Waals surface area contributed by atoms with Crippen molar-refractivity contribution in [2.75, 3.05) is 49.5 Å². The van der Waals surface area contributed by atoms with Gasteiger partial charge in [-0.1, -0.05) is 32.3 Å². The molecule has 0 bridgehead atoms. The first kappa shape index (κ1) is 28.1. The summed E-state index contributed by atoms with van der Waals surface area (Å²) in [6, 6.07) is 6.42. The number of carboxylic acids is 1. The van der Waals surface area contributed by atoms with E-state index in [1.807, 2.05) is 12.1 Å². The predicted octanol–water partition coefficient (Wildman–Crippen LogP) is 2.11. The van der Waals surface area contributed by atoms with Gasteiger partial charge in [-0.2, -0.15) is 0 Å². The van der Waals surface area contributed by atoms with E-state index in [-0.39, 0.29) is 18.4 Å². The maximum absolute atomic E-state index is 12.7. The highest BCUT2D eigenvalue weighted by Crippen LogP contribution is 2.25. The monoisotopic (exact) mass is 515 g/mol. The van der Waals surface area contributed by atoms with E-state index in [1.54, 1.807) is 0 Å². The molecule has 1 atom stereocenters. The molecule has 11 nitrogen and oxygen atoms in total. The first-order valence-electron chi connectivity index (χ1n) is 13.4. The Morgan fingerprint density at radius 3 is 2.68 bits per heavy atom. The first-order valence-corrected chi connectivity index (χ1v) is 13.4. The van der Waals surface area contributed by atoms with E-state index in [0.717, 1.165) is 75.6 Å². The van der Waals surface area contributed by atoms with Crippen LogP contribution in [0, 0.1) is 5.92 Å². The third-order valence-electron chi connectivity index (χ3n) is 6.64. The largest absolute Gasteiger partial charge is 0.480 e. The van der Waals surface area contributed by atoms with E-state index in [9.17, 15) is 19.5 Å². The number of nitrogens with zero attached hydrogens (tertiary/aromatic N) is 2. The van der Waals surface area contributed by atoms with Gasteiger partial charge < -0.3 is 36.6 Å². The number of hydrogen-bond acceptors (Lipinski definition) is 7. The van der Waals surface area contributed by atoms with E-state index in [1.165, 1.54) is 0 Å². The summed E-state index contributed by atoms with van der Waals surface area (Å²) in [6.45, 7) is 5.63. The maximum Gasteiger partial charge on any atom is 0.328 e. The molecule has 2 heterocycles. The second kappa shape index (κ2) is 14.9. The molecule has 3 amide bonds. The molecule has 6 N–H and O–H groups in total. The molecular weight excluding hydrogens is 474 g/mol. The van der Waals surface area contributed by atoms with Crippen LogP contribution in [0.2, 0.25) is 0 Å². The van der Waals surface area contributed by atoms with Crippen molar-refractivity contribution < 1.29 is 19.5 Å². The maximum atomic E-state index is 12.7. The van der Waals surface area contributed by atoms with Gasteiger partial charge in [0.15, 0.2) is 5.96 Å². The number of amides is 3. The fraction of sp³-hybridized carbons (Fsp3) is 0.615. The number of nitrogens with one attached hydrogen (secondary N) is 5. The predicted molar refractivity (Wildman–Crippen MR) is 145 cm³/mol. The van der Waals surface area contributed by atoms with Crippen molar-refractivity contribution >= 4 is 35.2 Å². The number of unbranched alkanes of at least 4 members (excludes halogenated alkanes) is 3. The van der Waals surface area contributed by atoms with Crippen LogP contribution in [0.4, 0.5) is 16.2 Å². The number of guanidine groups is 1. The molecule has 1 aromatic carbocycles. The van der Waals surface area contributed by atoms with Crippen LogP contribution in [-0.2, 0) is 9.59 Å². The van der Waals surface area contributed by atoms with Gasteiger partial charge in [0, 0.05) is 56.6 Å². The van der Waals surface area contributed by atoms with Crippen LogP contribution in [0.15, 0.2) is 29.3 Å². The Kier molecular flexibility index (Phi) is 11.3. The zero-order chi connectivity index (χ0) is 26.5. The van der Waals surface area contributed by atoms with E-state index in [0.29, 0.717) is 19.4 Å². The molecular formula is C26H41N7O4. The Labute approximate surface area is 218 Å². The molecule has 1 saturated heterocycles. The number of piperidine rings is 1. The zero-order valence-corrected chi connectivity index (χ0v) is 21.7. The SMILES string of the molecule is CCCCCCNC(=O)N[C@@H](CNC(=O)C1CCN(c2cccc(NC3=NCCCN3)c2)CC1)C(=O)O. The van der Waals surface area contributed by atoms with Crippen molar-refractivity contribution in [1.82, 2.24) is 21.3 Å². The molecule has 2 aliphatic rings. The third kappa shape index (κ3) is 9.47. The number of aliphatic imine (C=N–C) groups is 1. The number of aliphatic carboxylic acids is 1. The van der Waals surface area contributed by atoms with Crippen LogP contribution in [0.5, 0.6) is 0 Å². The van der Waals surface area contributed by atoms with Crippen LogP contribution in [-0.4, -0.2) is 74.3 Å². The van der Waals surface area contributed by atoms with E-state index >= 15 is 0 Å². The third-order valence-corrected chi connectivity index (χ3v) is 6.64. The smallest absolute Gasteiger partial charge is 0.328 e. The number of rotatable bonds is 12. The number of carboxylic acid groups (broad SMARTS) is 1. The minimum atomic E-state index is -1.18. The normalized spacial score (nSPS) is 16.7. The van der Waals surface area contributed by atoms with Gasteiger partial charge in [-0.3, -0.25) is 9.79 Å². The molecule has 1 aromatic rings. The van der Waals surface area contributed by atoms with Crippen LogP contribution in [0.1, 0.15) is 51.9 Å². The zero-order valence-electron chi connectivity index (χ0n) is 21.7. The summed E-state index contributed by atoms with van der Waals surface area (Å²) in [7, 11) is 0. The lowest BCUT2D eigenvalue weighted by Gasteiger charge is -2.33. The molecule has 3 rings (SSSR count). The van der Waals surface area contributed by atoms with Crippen molar-refractivity contribution in [3.63, 3.8) is 0 Å². The van der Waals surface area contributed by atoms with E-state index < -0.39 is 18.0 Å². The summed E-state index contributed by atoms with van der Waals surface area (Å²) in [4.78, 5) is 43.0. The highest BCUT2D eigenvalue weighted by molar-refractivity contribution is 5.94. The van der Waals surface area contributed by atoms with E-state index in [2.05, 4.69) is 55.5 Å². The average molecular weight is 516 g/mol. The summed E-state index contributed by atoms with van der Waals surface area (Å²) < 4.78 is 0. The second-order valence-corrected chi connectivity index (χ2v) is 9.54. The molecule has 0 saturated carbocycles. The summed E-state index contributed by atoms with van der Waals surface area (Å²) in [5.41, 5.74) is 2.04. The first-order chi connectivity index (χ1) is 18.0. The van der Waals surface area contributed by atoms with Crippen LogP contribution >= 0.6 is 0 Å². The standard InChI is InChI=1S/C26H41N7O4/c1-2-3-4-5-12-29-26(37)32-22(24(35)36)18-30-23(34)19-10-15-33(16-11-19)21-9-6-8-20(17-21)31-25-27-13-7-14-28-25/h6,8-9,17,19,22H,2-5,7,10-16,18H2,1H3,(H,30,34)(H,35,36)(H2,27,28,31)(H2,29,32,37)/t22-/m0/s1. The van der Waals surface area contributed by atoms with E-state index in [4.69, 9.17) is 0 Å². The lowest BCUT2D eigenvalue weighted by molar-refractivity contribution is -0.139. The Balaban J connectivity index is 1.41. The van der Waals surface area contributed by atoms with Gasteiger partial charge in [0.25, 0.3) is 0 Å². The highest BCUT2D eigenvalue weighted by Gasteiger charge is 2.27. The molecule has 37 heavy (non-hydrogen) atoms. The summed E-state index contributed by atoms with van der Waals surface area (Å²) >= 11 is 0. The summed E-state index contributed by atoms with van der Waals surface area (Å²) in [6.07, 6.45) is 6.44. The number of carbonyl (C=O) groups is 3. The quantitative estimate of drug-likeness (QED) is 0.234. The fourth-order valence-corrected chi connectivity index (χ4v) is 4.44. The number of carbonyl (C=O) groups excluding carboxylic acids is 2. The molecule has 11 heteroatoms. The number of anilines is 2. The highest BCUT2D eigenvalue weighted by atomic mass is 16.4. The van der Waals surface area contributed by atoms with Gasteiger partial charge in [0.2, 0.25) is 5.91 Å². The van der Waals surface area contributed by atoms with Crippen molar-refractivity contribution in [3.05, 3.63) is 24.3 Å². The summed E-state index contributed by atoms with van der Waals surface area (Å²) in [5.74, 6) is -0.763. The molecule has 1 fully saturated rings. The van der Waals surface area contributed by atoms with Crippen LogP contribution < -0.4 is 31.5 Å². The Hall–Kier alpha value is -3.50. The molecule has 0 spiro atoms. The molecule has 0 radical (unpaired) electrons. The Bertz CT molecular complexity index is 931. The van der Waals surface area contributed by atoms with Gasteiger partial charge >= 0.3 is 12.0 Å². The van der Waals surface area contributed by atoms with Gasteiger partial charge in [-0.15, -0.1) is 0 Å². The average Bonchev–Trinajstić information content (AvgIpc) is 2.91. The van der Waals surface area contributed by atoms with Crippen molar-refractivity contribution in [1.29, 1.82) is 0 Å². The molecule has 204 valence electrons. The second-order valence-electron chi connectivity index (χ2n) is 9.54. The van der Waals surface area contributed by atoms with Crippen molar-refractivity contribution in [2.45, 2.75) is 57.9 Å². The Morgan fingerprint density at radius 2 is 1.97 bits per heavy atom. The minimum absolute atomic E-state index is 0.150. The minimum Gasteiger partial charge on any atom is -0.480 e. The van der Waals surface area contributed by atoms with Crippen LogP contribution in [0.3, 0.4) is 0 Å². The number of benzene rings is 1. The van der Waals surface area contributed by atoms with Crippen molar-refractivity contribution in [2.24, 2.45) is 10.9 Å². The number of hydrogen-bond donors (Lipinski definition) is 6. The topological polar surface area (TPSA) is 147 Å². The van der Waals surface area contributed by atoms with Gasteiger partial charge in [0.1, 0.15) is 6.04 Å². The number of urea groups is 1.